The molecule has 1 amide bonds. The topological polar surface area (TPSA) is 88.3 Å². The van der Waals surface area contributed by atoms with Gasteiger partial charge in [0.2, 0.25) is 0 Å². The van der Waals surface area contributed by atoms with Crippen LogP contribution in [0.2, 0.25) is 0 Å². The predicted octanol–water partition coefficient (Wildman–Crippen LogP) is 2.09. The average molecular weight is 316 g/mol. The van der Waals surface area contributed by atoms with Gasteiger partial charge in [0.05, 0.1) is 11.8 Å². The Bertz CT molecular complexity index is 753. The standard InChI is InChI=1S/C16H20N4O3/c1-10(2)20-14-11(9-18-20)7-12(8-17-14)15(21)19-6-4-3-5-13(19)16(22)23/h7-10,13H,3-6H2,1-2H3,(H,22,23)/t13-/m1/s1. The van der Waals surface area contributed by atoms with Crippen molar-refractivity contribution in [2.75, 3.05) is 6.54 Å². The highest BCUT2D eigenvalue weighted by Crippen LogP contribution is 2.22. The zero-order valence-corrected chi connectivity index (χ0v) is 13.3. The Kier molecular flexibility index (Phi) is 4.02. The van der Waals surface area contributed by atoms with Crippen molar-refractivity contribution in [3.63, 3.8) is 0 Å². The second kappa shape index (κ2) is 5.98. The molecule has 3 rings (SSSR count). The van der Waals surface area contributed by atoms with Crippen molar-refractivity contribution in [3.8, 4) is 0 Å². The molecule has 1 atom stereocenters. The summed E-state index contributed by atoms with van der Waals surface area (Å²) >= 11 is 0. The maximum atomic E-state index is 12.7. The van der Waals surface area contributed by atoms with Gasteiger partial charge >= 0.3 is 5.97 Å². The van der Waals surface area contributed by atoms with Gasteiger partial charge in [-0.05, 0) is 39.2 Å². The van der Waals surface area contributed by atoms with Crippen LogP contribution in [-0.4, -0.2) is 49.2 Å². The summed E-state index contributed by atoms with van der Waals surface area (Å²) in [6, 6.07) is 1.18. The van der Waals surface area contributed by atoms with Crippen LogP contribution in [0.3, 0.4) is 0 Å². The monoisotopic (exact) mass is 316 g/mol. The van der Waals surface area contributed by atoms with Gasteiger partial charge in [-0.25, -0.2) is 14.5 Å². The molecule has 1 saturated heterocycles. The van der Waals surface area contributed by atoms with Gasteiger partial charge in [-0.15, -0.1) is 0 Å². The summed E-state index contributed by atoms with van der Waals surface area (Å²) in [5.41, 5.74) is 1.14. The Balaban J connectivity index is 1.92. The SMILES string of the molecule is CC(C)n1ncc2cc(C(=O)N3CCCC[C@@H]3C(=O)O)cnc21. The third-order valence-electron chi connectivity index (χ3n) is 4.22. The fourth-order valence-corrected chi connectivity index (χ4v) is 3.03. The fourth-order valence-electron chi connectivity index (χ4n) is 3.03. The minimum atomic E-state index is -0.945. The van der Waals surface area contributed by atoms with Crippen molar-refractivity contribution in [2.24, 2.45) is 0 Å². The molecule has 1 aliphatic rings. The minimum absolute atomic E-state index is 0.181. The molecule has 0 unspecified atom stereocenters. The Labute approximate surface area is 133 Å². The molecule has 7 nitrogen and oxygen atoms in total. The van der Waals surface area contributed by atoms with Crippen LogP contribution in [0.4, 0.5) is 0 Å². The van der Waals surface area contributed by atoms with Crippen molar-refractivity contribution in [3.05, 3.63) is 24.0 Å². The zero-order valence-electron chi connectivity index (χ0n) is 13.3. The highest BCUT2D eigenvalue weighted by Gasteiger charge is 2.32. The number of carbonyl (C=O) groups excluding carboxylic acids is 1. The molecular formula is C16H20N4O3. The number of pyridine rings is 1. The third-order valence-corrected chi connectivity index (χ3v) is 4.22. The summed E-state index contributed by atoms with van der Waals surface area (Å²) in [6.45, 7) is 4.50. The first-order valence-corrected chi connectivity index (χ1v) is 7.86. The largest absolute Gasteiger partial charge is 0.480 e. The zero-order chi connectivity index (χ0) is 16.6. The number of aromatic nitrogens is 3. The summed E-state index contributed by atoms with van der Waals surface area (Å²) in [4.78, 5) is 29.9. The molecule has 0 radical (unpaired) electrons. The minimum Gasteiger partial charge on any atom is -0.480 e. The van der Waals surface area contributed by atoms with Crippen LogP contribution >= 0.6 is 0 Å². The van der Waals surface area contributed by atoms with Gasteiger partial charge in [-0.1, -0.05) is 0 Å². The highest BCUT2D eigenvalue weighted by molar-refractivity contribution is 5.98. The molecule has 122 valence electrons. The van der Waals surface area contributed by atoms with Crippen molar-refractivity contribution < 1.29 is 14.7 Å². The molecule has 0 aliphatic carbocycles. The van der Waals surface area contributed by atoms with Crippen molar-refractivity contribution in [1.29, 1.82) is 0 Å². The van der Waals surface area contributed by atoms with Crippen LogP contribution in [0.25, 0.3) is 11.0 Å². The van der Waals surface area contributed by atoms with Crippen LogP contribution < -0.4 is 0 Å². The smallest absolute Gasteiger partial charge is 0.326 e. The van der Waals surface area contributed by atoms with Gasteiger partial charge in [0.25, 0.3) is 5.91 Å². The van der Waals surface area contributed by atoms with Gasteiger partial charge in [0.15, 0.2) is 5.65 Å². The molecule has 0 bridgehead atoms. The highest BCUT2D eigenvalue weighted by atomic mass is 16.4. The van der Waals surface area contributed by atoms with E-state index in [0.29, 0.717) is 18.5 Å². The number of carbonyl (C=O) groups is 2. The lowest BCUT2D eigenvalue weighted by Gasteiger charge is -2.32. The average Bonchev–Trinajstić information content (AvgIpc) is 2.97. The fraction of sp³-hybridized carbons (Fsp3) is 0.500. The van der Waals surface area contributed by atoms with Crippen molar-refractivity contribution in [2.45, 2.75) is 45.2 Å². The first-order valence-electron chi connectivity index (χ1n) is 7.86. The quantitative estimate of drug-likeness (QED) is 0.936. The van der Waals surface area contributed by atoms with Gasteiger partial charge < -0.3 is 10.0 Å². The number of carboxylic acids is 1. The van der Waals surface area contributed by atoms with Gasteiger partial charge in [-0.2, -0.15) is 5.10 Å². The van der Waals surface area contributed by atoms with Crippen molar-refractivity contribution >= 4 is 22.9 Å². The summed E-state index contributed by atoms with van der Waals surface area (Å²) in [5.74, 6) is -1.22. The molecule has 0 saturated carbocycles. The molecule has 0 spiro atoms. The lowest BCUT2D eigenvalue weighted by atomic mass is 10.0. The second-order valence-corrected chi connectivity index (χ2v) is 6.17. The van der Waals surface area contributed by atoms with E-state index in [0.717, 1.165) is 23.9 Å². The van der Waals surface area contributed by atoms with E-state index >= 15 is 0 Å². The van der Waals surface area contributed by atoms with E-state index in [1.807, 2.05) is 13.8 Å². The van der Waals surface area contributed by atoms with Gasteiger partial charge in [-0.3, -0.25) is 4.79 Å². The maximum absolute atomic E-state index is 12.7. The molecule has 3 heterocycles. The molecule has 0 aromatic carbocycles. The molecule has 2 aromatic rings. The predicted molar refractivity (Wildman–Crippen MR) is 84.2 cm³/mol. The number of carboxylic acid groups (broad SMARTS) is 1. The van der Waals surface area contributed by atoms with E-state index in [1.54, 1.807) is 16.9 Å². The first kappa shape index (κ1) is 15.5. The normalized spacial score (nSPS) is 18.6. The molecule has 7 heteroatoms. The molecule has 23 heavy (non-hydrogen) atoms. The number of piperidine rings is 1. The number of likely N-dealkylation sites (tertiary alicyclic amines) is 1. The van der Waals surface area contributed by atoms with Crippen LogP contribution in [0.15, 0.2) is 18.5 Å². The summed E-state index contributed by atoms with van der Waals surface area (Å²) in [6.07, 6.45) is 5.36. The number of rotatable bonds is 3. The van der Waals surface area contributed by atoms with Crippen LogP contribution in [0.5, 0.6) is 0 Å². The number of hydrogen-bond donors (Lipinski definition) is 1. The lowest BCUT2D eigenvalue weighted by Crippen LogP contribution is -2.48. The van der Waals surface area contributed by atoms with E-state index < -0.39 is 12.0 Å². The Morgan fingerprint density at radius 3 is 2.78 bits per heavy atom. The number of amides is 1. The second-order valence-electron chi connectivity index (χ2n) is 6.17. The van der Waals surface area contributed by atoms with Crippen molar-refractivity contribution in [1.82, 2.24) is 19.7 Å². The van der Waals surface area contributed by atoms with Gasteiger partial charge in [0.1, 0.15) is 6.04 Å². The number of nitrogens with zero attached hydrogens (tertiary/aromatic N) is 4. The van der Waals surface area contributed by atoms with E-state index in [4.69, 9.17) is 0 Å². The van der Waals surface area contributed by atoms with Crippen LogP contribution in [0.1, 0.15) is 49.5 Å². The Hall–Kier alpha value is -2.44. The Morgan fingerprint density at radius 2 is 2.09 bits per heavy atom. The van der Waals surface area contributed by atoms with Crippen LogP contribution in [0, 0.1) is 0 Å². The van der Waals surface area contributed by atoms with Gasteiger partial charge in [0, 0.05) is 24.2 Å². The van der Waals surface area contributed by atoms with Crippen LogP contribution in [-0.2, 0) is 4.79 Å². The molecular weight excluding hydrogens is 296 g/mol. The summed E-state index contributed by atoms with van der Waals surface area (Å²) in [5, 5.41) is 14.4. The third kappa shape index (κ3) is 2.78. The van der Waals surface area contributed by atoms with E-state index in [-0.39, 0.29) is 11.9 Å². The van der Waals surface area contributed by atoms with E-state index in [2.05, 4.69) is 10.1 Å². The Morgan fingerprint density at radius 1 is 1.30 bits per heavy atom. The maximum Gasteiger partial charge on any atom is 0.326 e. The molecule has 2 aromatic heterocycles. The number of fused-ring (bicyclic) bond motifs is 1. The molecule has 1 aliphatic heterocycles. The van der Waals surface area contributed by atoms with E-state index in [9.17, 15) is 14.7 Å². The summed E-state index contributed by atoms with van der Waals surface area (Å²) < 4.78 is 1.80. The number of aliphatic carboxylic acids is 1. The first-order chi connectivity index (χ1) is 11.0. The molecule has 1 N–H and O–H groups in total. The number of hydrogen-bond acceptors (Lipinski definition) is 4. The van der Waals surface area contributed by atoms with E-state index in [1.165, 1.54) is 11.1 Å². The lowest BCUT2D eigenvalue weighted by molar-refractivity contribution is -0.143. The summed E-state index contributed by atoms with van der Waals surface area (Å²) in [7, 11) is 0. The molecule has 1 fully saturated rings.